The molecule has 3 heteroatoms. The van der Waals surface area contributed by atoms with Crippen molar-refractivity contribution in [2.75, 3.05) is 9.80 Å². The largest absolute Gasteiger partial charge is 0.310 e. The number of fused-ring (bicyclic) bond motifs is 14. The summed E-state index contributed by atoms with van der Waals surface area (Å²) >= 11 is 0. The van der Waals surface area contributed by atoms with Gasteiger partial charge >= 0.3 is 0 Å². The van der Waals surface area contributed by atoms with E-state index in [0.717, 1.165) is 45.3 Å². The van der Waals surface area contributed by atoms with Crippen LogP contribution in [0.15, 0.2) is 212 Å². The molecule has 0 N–H and O–H groups in total. The molecule has 0 atom stereocenters. The van der Waals surface area contributed by atoms with Crippen molar-refractivity contribution in [1.82, 2.24) is 4.57 Å². The molecule has 0 radical (unpaired) electrons. The lowest BCUT2D eigenvalue weighted by Crippen LogP contribution is -2.17. The van der Waals surface area contributed by atoms with Gasteiger partial charge in [-0.25, -0.2) is 0 Å². The van der Waals surface area contributed by atoms with Crippen molar-refractivity contribution in [2.24, 2.45) is 0 Å². The van der Waals surface area contributed by atoms with Gasteiger partial charge < -0.3 is 14.4 Å². The van der Waals surface area contributed by atoms with Crippen LogP contribution >= 0.6 is 0 Å². The smallest absolute Gasteiger partial charge is 0.0782 e. The molecule has 0 fully saturated rings. The number of aromatic nitrogens is 1. The Balaban J connectivity index is 1.04. The zero-order valence-electron chi connectivity index (χ0n) is 38.0. The van der Waals surface area contributed by atoms with Gasteiger partial charge in [-0.05, 0) is 140 Å². The SMILES string of the molecule is CC1(C)c2ccc3cc2-c2cc(ccc21)N(c1cccc2c4ccccc4n(-c4cccc5ccccc45)c12)c1cccc(c1)-c1cccc(c1)N3c1ccc2c(c1)C(C)(C)c1ccccc1-2. The van der Waals surface area contributed by atoms with E-state index in [9.17, 15) is 0 Å². The minimum atomic E-state index is -0.185. The second kappa shape index (κ2) is 13.7. The van der Waals surface area contributed by atoms with E-state index in [2.05, 4.69) is 254 Å². The normalized spacial score (nSPS) is 14.7. The van der Waals surface area contributed by atoms with Crippen LogP contribution in [0.2, 0.25) is 0 Å². The van der Waals surface area contributed by atoms with E-state index >= 15 is 0 Å². The molecule has 3 aliphatic rings. The van der Waals surface area contributed by atoms with E-state index in [4.69, 9.17) is 0 Å². The highest BCUT2D eigenvalue weighted by molar-refractivity contribution is 6.15. The van der Waals surface area contributed by atoms with Crippen molar-refractivity contribution < 1.29 is 0 Å². The quantitative estimate of drug-likeness (QED) is 0.175. The van der Waals surface area contributed by atoms with Gasteiger partial charge in [-0.2, -0.15) is 0 Å². The predicted molar refractivity (Wildman–Crippen MR) is 282 cm³/mol. The standard InChI is InChI=1S/C64H47N3/c1-63(2)56-33-30-45-37-53(56)54-38-46(31-34-57(54)63)66(61-28-14-24-52-51-23-8-10-26-60(51)67(62(52)61)59-27-13-16-40-15-5-6-21-48(40)59)44-20-12-18-42(36-44)41-17-11-19-43(35-41)65(45)47-29-32-50-49-22-7-9-25-55(49)64(3,4)58(50)39-47/h5-39H,1-4H3. The summed E-state index contributed by atoms with van der Waals surface area (Å²) in [5.41, 5.74) is 23.0. The highest BCUT2D eigenvalue weighted by Gasteiger charge is 2.38. The number of nitrogens with zero attached hydrogens (tertiary/aromatic N) is 3. The second-order valence-corrected chi connectivity index (χ2v) is 19.8. The van der Waals surface area contributed by atoms with E-state index < -0.39 is 0 Å². The van der Waals surface area contributed by atoms with E-state index in [1.807, 2.05) is 0 Å². The lowest BCUT2D eigenvalue weighted by atomic mass is 9.82. The van der Waals surface area contributed by atoms with Gasteiger partial charge in [0.2, 0.25) is 0 Å². The second-order valence-electron chi connectivity index (χ2n) is 19.8. The van der Waals surface area contributed by atoms with Crippen LogP contribution in [0.1, 0.15) is 49.9 Å². The molecule has 0 amide bonds. The van der Waals surface area contributed by atoms with Gasteiger partial charge in [0.25, 0.3) is 0 Å². The van der Waals surface area contributed by atoms with Crippen molar-refractivity contribution in [3.8, 4) is 39.1 Å². The molecule has 1 aromatic heterocycles. The molecule has 318 valence electrons. The van der Waals surface area contributed by atoms with Crippen molar-refractivity contribution in [1.29, 1.82) is 0 Å². The average molecular weight is 858 g/mol. The number of para-hydroxylation sites is 2. The predicted octanol–water partition coefficient (Wildman–Crippen LogP) is 17.5. The van der Waals surface area contributed by atoms with Crippen LogP contribution in [-0.4, -0.2) is 4.57 Å². The summed E-state index contributed by atoms with van der Waals surface area (Å²) in [6.07, 6.45) is 0. The fourth-order valence-electron chi connectivity index (χ4n) is 12.2. The van der Waals surface area contributed by atoms with Gasteiger partial charge in [0.05, 0.1) is 22.4 Å². The van der Waals surface area contributed by atoms with Crippen LogP contribution in [0.5, 0.6) is 0 Å². The first kappa shape index (κ1) is 38.2. The lowest BCUT2D eigenvalue weighted by Gasteiger charge is -2.30. The van der Waals surface area contributed by atoms with Crippen LogP contribution in [0.25, 0.3) is 71.6 Å². The summed E-state index contributed by atoms with van der Waals surface area (Å²) in [6, 6.07) is 79.9. The first-order valence-corrected chi connectivity index (χ1v) is 23.6. The Kier molecular flexibility index (Phi) is 7.80. The number of hydrogen-bond acceptors (Lipinski definition) is 2. The molecular weight excluding hydrogens is 811 g/mol. The van der Waals surface area contributed by atoms with Crippen molar-refractivity contribution in [3.63, 3.8) is 0 Å². The Morgan fingerprint density at radius 3 is 1.60 bits per heavy atom. The lowest BCUT2D eigenvalue weighted by molar-refractivity contribution is 0.660. The zero-order valence-corrected chi connectivity index (χ0v) is 38.0. The number of benzene rings is 10. The molecule has 2 heterocycles. The topological polar surface area (TPSA) is 11.4 Å². The molecule has 10 aromatic carbocycles. The number of rotatable bonds is 3. The van der Waals surface area contributed by atoms with Crippen LogP contribution in [0, 0.1) is 0 Å². The third kappa shape index (κ3) is 5.34. The minimum Gasteiger partial charge on any atom is -0.310 e. The maximum Gasteiger partial charge on any atom is 0.0782 e. The molecule has 0 saturated heterocycles. The molecule has 3 nitrogen and oxygen atoms in total. The van der Waals surface area contributed by atoms with Crippen molar-refractivity contribution in [3.05, 3.63) is 235 Å². The molecule has 14 rings (SSSR count). The van der Waals surface area contributed by atoms with Crippen molar-refractivity contribution in [2.45, 2.75) is 38.5 Å². The molecule has 0 spiro atoms. The van der Waals surface area contributed by atoms with Crippen LogP contribution in [0.4, 0.5) is 34.1 Å². The third-order valence-corrected chi connectivity index (χ3v) is 15.4. The molecule has 2 aliphatic carbocycles. The van der Waals surface area contributed by atoms with E-state index in [-0.39, 0.29) is 10.8 Å². The van der Waals surface area contributed by atoms with Crippen molar-refractivity contribution >= 4 is 66.7 Å². The summed E-state index contributed by atoms with van der Waals surface area (Å²) in [7, 11) is 0. The molecule has 67 heavy (non-hydrogen) atoms. The molecule has 1 aliphatic heterocycles. The van der Waals surface area contributed by atoms with Gasteiger partial charge in [0.15, 0.2) is 0 Å². The van der Waals surface area contributed by atoms with Gasteiger partial charge in [-0.15, -0.1) is 0 Å². The summed E-state index contributed by atoms with van der Waals surface area (Å²) in [6.45, 7) is 9.52. The molecule has 0 saturated carbocycles. The Morgan fingerprint density at radius 2 is 0.821 bits per heavy atom. The summed E-state index contributed by atoms with van der Waals surface area (Å²) in [5.74, 6) is 0. The summed E-state index contributed by atoms with van der Waals surface area (Å²) < 4.78 is 2.51. The number of hydrogen-bond donors (Lipinski definition) is 0. The fourth-order valence-corrected chi connectivity index (χ4v) is 12.2. The van der Waals surface area contributed by atoms with Crippen LogP contribution in [-0.2, 0) is 10.8 Å². The first-order valence-electron chi connectivity index (χ1n) is 23.6. The van der Waals surface area contributed by atoms with Crippen LogP contribution < -0.4 is 9.80 Å². The maximum atomic E-state index is 2.51. The molecule has 8 bridgehead atoms. The van der Waals surface area contributed by atoms with E-state index in [0.29, 0.717) is 0 Å². The highest BCUT2D eigenvalue weighted by Crippen LogP contribution is 2.55. The molecule has 0 unspecified atom stereocenters. The highest BCUT2D eigenvalue weighted by atomic mass is 15.2. The number of anilines is 6. The van der Waals surface area contributed by atoms with Gasteiger partial charge in [0, 0.05) is 55.4 Å². The summed E-state index contributed by atoms with van der Waals surface area (Å²) in [5, 5.41) is 4.90. The summed E-state index contributed by atoms with van der Waals surface area (Å²) in [4.78, 5) is 4.99. The molecule has 11 aromatic rings. The Hall–Kier alpha value is -8.14. The van der Waals surface area contributed by atoms with E-state index in [1.54, 1.807) is 0 Å². The van der Waals surface area contributed by atoms with Gasteiger partial charge in [-0.3, -0.25) is 0 Å². The Labute approximate surface area is 391 Å². The maximum absolute atomic E-state index is 2.51. The monoisotopic (exact) mass is 857 g/mol. The Morgan fingerprint density at radius 1 is 0.313 bits per heavy atom. The molecular formula is C64H47N3. The average Bonchev–Trinajstić information content (AvgIpc) is 3.91. The Bertz CT molecular complexity index is 3900. The van der Waals surface area contributed by atoms with Gasteiger partial charge in [-0.1, -0.05) is 161 Å². The third-order valence-electron chi connectivity index (χ3n) is 15.4. The van der Waals surface area contributed by atoms with Crippen LogP contribution in [0.3, 0.4) is 0 Å². The fraction of sp³-hybridized carbons (Fsp3) is 0.0938. The zero-order chi connectivity index (χ0) is 44.8. The minimum absolute atomic E-state index is 0.121. The first-order chi connectivity index (χ1) is 32.7. The van der Waals surface area contributed by atoms with Gasteiger partial charge in [0.1, 0.15) is 0 Å². The van der Waals surface area contributed by atoms with E-state index in [1.165, 1.54) is 82.8 Å².